The highest BCUT2D eigenvalue weighted by Crippen LogP contribution is 2.39. The fraction of sp³-hybridized carbons (Fsp3) is 0.0638. The minimum absolute atomic E-state index is 0.419. The zero-order valence-corrected chi connectivity index (χ0v) is 30.6. The largest absolute Gasteiger partial charge is 0.453 e. The molecule has 0 aliphatic heterocycles. The standard InChI is InChI=1S/C47H40N4O4/c1-34-13-23-41(24-14-34)50(39-9-5-3-6-10-39)42-25-27-43(28-26-42)51(40-11-7-4-8-12-40)44-29-31-45(32-30-44)55-47(53)49-38-21-17-36(18-22-38)33-35-15-19-37(20-16-35)48-46(52)54-2/h3-32H,33H2,1-2H3,(H,48,52)(H,49,53). The Morgan fingerprint density at radius 2 is 0.818 bits per heavy atom. The minimum atomic E-state index is -0.582. The average Bonchev–Trinajstić information content (AvgIpc) is 3.22. The van der Waals surface area contributed by atoms with E-state index in [1.54, 1.807) is 12.1 Å². The summed E-state index contributed by atoms with van der Waals surface area (Å²) in [4.78, 5) is 28.7. The van der Waals surface area contributed by atoms with Crippen LogP contribution in [0.3, 0.4) is 0 Å². The van der Waals surface area contributed by atoms with Crippen LogP contribution in [0, 0.1) is 6.92 Å². The van der Waals surface area contributed by atoms with Crippen molar-refractivity contribution in [3.05, 3.63) is 199 Å². The lowest BCUT2D eigenvalue weighted by Crippen LogP contribution is -2.16. The molecule has 0 saturated carbocycles. The van der Waals surface area contributed by atoms with Crippen LogP contribution in [0.15, 0.2) is 182 Å². The van der Waals surface area contributed by atoms with E-state index in [1.165, 1.54) is 12.7 Å². The number of hydrogen-bond acceptors (Lipinski definition) is 6. The van der Waals surface area contributed by atoms with Crippen LogP contribution in [-0.4, -0.2) is 19.3 Å². The van der Waals surface area contributed by atoms with E-state index in [2.05, 4.69) is 117 Å². The molecule has 55 heavy (non-hydrogen) atoms. The second-order valence-corrected chi connectivity index (χ2v) is 12.9. The third kappa shape index (κ3) is 9.19. The zero-order valence-electron chi connectivity index (χ0n) is 30.6. The maximum atomic E-state index is 12.9. The van der Waals surface area contributed by atoms with E-state index >= 15 is 0 Å². The second-order valence-electron chi connectivity index (χ2n) is 12.9. The number of para-hydroxylation sites is 2. The molecule has 2 amide bonds. The van der Waals surface area contributed by atoms with Crippen LogP contribution in [0.25, 0.3) is 0 Å². The number of ether oxygens (including phenoxy) is 2. The first-order valence-electron chi connectivity index (χ1n) is 17.9. The van der Waals surface area contributed by atoms with Gasteiger partial charge in [0.2, 0.25) is 0 Å². The van der Waals surface area contributed by atoms with Crippen molar-refractivity contribution in [1.29, 1.82) is 0 Å². The van der Waals surface area contributed by atoms with Gasteiger partial charge in [-0.1, -0.05) is 78.4 Å². The molecule has 0 saturated heterocycles. The molecule has 0 heterocycles. The number of carbonyl (C=O) groups excluding carboxylic acids is 2. The fourth-order valence-electron chi connectivity index (χ4n) is 6.22. The molecule has 7 rings (SSSR count). The number of rotatable bonds is 11. The Kier molecular flexibility index (Phi) is 11.1. The third-order valence-corrected chi connectivity index (χ3v) is 8.99. The van der Waals surface area contributed by atoms with Crippen molar-refractivity contribution in [2.45, 2.75) is 13.3 Å². The highest BCUT2D eigenvalue weighted by Gasteiger charge is 2.16. The van der Waals surface area contributed by atoms with Gasteiger partial charge >= 0.3 is 12.2 Å². The van der Waals surface area contributed by atoms with Crippen molar-refractivity contribution >= 4 is 57.7 Å². The van der Waals surface area contributed by atoms with E-state index in [-0.39, 0.29) is 0 Å². The fourth-order valence-corrected chi connectivity index (χ4v) is 6.22. The SMILES string of the molecule is COC(=O)Nc1ccc(Cc2ccc(NC(=O)Oc3ccc(N(c4ccccc4)c4ccc(N(c5ccccc5)c5ccc(C)cc5)cc4)cc3)cc2)cc1. The van der Waals surface area contributed by atoms with Crippen LogP contribution in [-0.2, 0) is 11.2 Å². The monoisotopic (exact) mass is 724 g/mol. The number of methoxy groups -OCH3 is 1. The van der Waals surface area contributed by atoms with Crippen LogP contribution in [0.1, 0.15) is 16.7 Å². The number of amides is 2. The van der Waals surface area contributed by atoms with E-state index in [0.717, 1.165) is 45.3 Å². The van der Waals surface area contributed by atoms with Gasteiger partial charge in [-0.05, 0) is 134 Å². The molecule has 2 N–H and O–H groups in total. The summed E-state index contributed by atoms with van der Waals surface area (Å²) in [5.41, 5.74) is 10.7. The lowest BCUT2D eigenvalue weighted by Gasteiger charge is -2.28. The topological polar surface area (TPSA) is 83.1 Å². The molecular formula is C47H40N4O4. The number of hydrogen-bond donors (Lipinski definition) is 2. The lowest BCUT2D eigenvalue weighted by atomic mass is 10.0. The van der Waals surface area contributed by atoms with E-state index < -0.39 is 12.2 Å². The third-order valence-electron chi connectivity index (χ3n) is 8.99. The summed E-state index contributed by atoms with van der Waals surface area (Å²) in [7, 11) is 1.33. The van der Waals surface area contributed by atoms with Gasteiger partial charge in [0.15, 0.2) is 0 Å². The van der Waals surface area contributed by atoms with Crippen molar-refractivity contribution in [1.82, 2.24) is 0 Å². The van der Waals surface area contributed by atoms with Crippen LogP contribution < -0.4 is 25.2 Å². The van der Waals surface area contributed by atoms with Gasteiger partial charge in [0, 0.05) is 45.5 Å². The predicted octanol–water partition coefficient (Wildman–Crippen LogP) is 12.3. The van der Waals surface area contributed by atoms with Gasteiger partial charge in [0.05, 0.1) is 7.11 Å². The Labute approximate surface area is 321 Å². The van der Waals surface area contributed by atoms with Gasteiger partial charge in [-0.2, -0.15) is 0 Å². The molecule has 0 aliphatic rings. The van der Waals surface area contributed by atoms with E-state index in [0.29, 0.717) is 23.5 Å². The summed E-state index contributed by atoms with van der Waals surface area (Å²) in [5, 5.41) is 5.46. The predicted molar refractivity (Wildman–Crippen MR) is 222 cm³/mol. The maximum absolute atomic E-state index is 12.9. The Balaban J connectivity index is 1.03. The quantitative estimate of drug-likeness (QED) is 0.138. The van der Waals surface area contributed by atoms with Crippen molar-refractivity contribution in [2.75, 3.05) is 27.5 Å². The van der Waals surface area contributed by atoms with Crippen LogP contribution in [0.5, 0.6) is 5.75 Å². The first-order valence-corrected chi connectivity index (χ1v) is 17.9. The molecular weight excluding hydrogens is 685 g/mol. The van der Waals surface area contributed by atoms with E-state index in [9.17, 15) is 9.59 Å². The van der Waals surface area contributed by atoms with Gasteiger partial charge in [-0.3, -0.25) is 10.6 Å². The van der Waals surface area contributed by atoms with Gasteiger partial charge < -0.3 is 19.3 Å². The lowest BCUT2D eigenvalue weighted by molar-refractivity contribution is 0.187. The number of carbonyl (C=O) groups is 2. The van der Waals surface area contributed by atoms with Crippen LogP contribution in [0.4, 0.5) is 55.1 Å². The Morgan fingerprint density at radius 1 is 0.455 bits per heavy atom. The van der Waals surface area contributed by atoms with Crippen LogP contribution >= 0.6 is 0 Å². The molecule has 7 aromatic carbocycles. The molecule has 0 atom stereocenters. The Morgan fingerprint density at radius 3 is 1.24 bits per heavy atom. The summed E-state index contributed by atoms with van der Waals surface area (Å²) in [5.74, 6) is 0.419. The van der Waals surface area contributed by atoms with Crippen LogP contribution in [0.2, 0.25) is 0 Å². The number of benzene rings is 7. The minimum Gasteiger partial charge on any atom is -0.453 e. The molecule has 0 fully saturated rings. The summed E-state index contributed by atoms with van der Waals surface area (Å²) < 4.78 is 10.3. The molecule has 0 bridgehead atoms. The Hall–Kier alpha value is -7.32. The Bertz CT molecular complexity index is 2310. The van der Waals surface area contributed by atoms with E-state index in [4.69, 9.17) is 4.74 Å². The number of anilines is 8. The summed E-state index contributed by atoms with van der Waals surface area (Å²) in [6, 6.07) is 60.2. The molecule has 0 aliphatic carbocycles. The summed E-state index contributed by atoms with van der Waals surface area (Å²) >= 11 is 0. The highest BCUT2D eigenvalue weighted by atomic mass is 16.6. The molecule has 0 radical (unpaired) electrons. The molecule has 0 aromatic heterocycles. The van der Waals surface area contributed by atoms with Gasteiger partial charge in [0.25, 0.3) is 0 Å². The molecule has 7 aromatic rings. The van der Waals surface area contributed by atoms with Crippen molar-refractivity contribution in [3.8, 4) is 5.75 Å². The average molecular weight is 725 g/mol. The molecule has 8 nitrogen and oxygen atoms in total. The van der Waals surface area contributed by atoms with Gasteiger partial charge in [-0.15, -0.1) is 0 Å². The smallest absolute Gasteiger partial charge is 0.417 e. The highest BCUT2D eigenvalue weighted by molar-refractivity contribution is 5.87. The zero-order chi connectivity index (χ0) is 38.0. The number of nitrogens with zero attached hydrogens (tertiary/aromatic N) is 2. The molecule has 0 spiro atoms. The molecule has 272 valence electrons. The second kappa shape index (κ2) is 17.0. The van der Waals surface area contributed by atoms with Crippen molar-refractivity contribution < 1.29 is 19.1 Å². The first-order chi connectivity index (χ1) is 26.9. The molecule has 0 unspecified atom stereocenters. The normalized spacial score (nSPS) is 10.6. The number of aryl methyl sites for hydroxylation is 1. The van der Waals surface area contributed by atoms with Gasteiger partial charge in [-0.25, -0.2) is 9.59 Å². The summed E-state index contributed by atoms with van der Waals surface area (Å²) in [6.07, 6.45) is -0.398. The number of nitrogens with one attached hydrogen (secondary N) is 2. The van der Waals surface area contributed by atoms with E-state index in [1.807, 2.05) is 84.9 Å². The summed E-state index contributed by atoms with van der Waals surface area (Å²) in [6.45, 7) is 2.09. The van der Waals surface area contributed by atoms with Gasteiger partial charge in [0.1, 0.15) is 5.75 Å². The van der Waals surface area contributed by atoms with Crippen molar-refractivity contribution in [2.24, 2.45) is 0 Å². The van der Waals surface area contributed by atoms with Crippen molar-refractivity contribution in [3.63, 3.8) is 0 Å². The molecule has 8 heteroatoms. The maximum Gasteiger partial charge on any atom is 0.417 e. The first kappa shape index (κ1) is 36.1.